The quantitative estimate of drug-likeness (QED) is 0.775. The molecule has 1 heterocycles. The minimum absolute atomic E-state index is 0.157. The molecule has 0 spiro atoms. The van der Waals surface area contributed by atoms with Gasteiger partial charge in [0.05, 0.1) is 5.69 Å². The molecular weight excluding hydrogens is 203 g/mol. The zero-order chi connectivity index (χ0) is 10.1. The third kappa shape index (κ3) is 1.83. The van der Waals surface area contributed by atoms with Crippen LogP contribution in [-0.2, 0) is 0 Å². The summed E-state index contributed by atoms with van der Waals surface area (Å²) in [6.07, 6.45) is 0.919. The predicted molar refractivity (Wildman–Crippen MR) is 56.2 cm³/mol. The minimum Gasteiger partial charge on any atom is -0.368 e. The van der Waals surface area contributed by atoms with Crippen LogP contribution in [0.15, 0.2) is 18.2 Å². The first-order valence-electron chi connectivity index (χ1n) is 4.62. The van der Waals surface area contributed by atoms with E-state index in [1.54, 1.807) is 12.1 Å². The Balaban J connectivity index is 2.24. The summed E-state index contributed by atoms with van der Waals surface area (Å²) >= 11 is 5.67. The number of halogens is 2. The Labute approximate surface area is 87.5 Å². The molecular formula is C10H12ClFN2. The van der Waals surface area contributed by atoms with E-state index in [9.17, 15) is 4.39 Å². The summed E-state index contributed by atoms with van der Waals surface area (Å²) in [5, 5.41) is 0.426. The molecule has 14 heavy (non-hydrogen) atoms. The van der Waals surface area contributed by atoms with Gasteiger partial charge in [0, 0.05) is 24.2 Å². The smallest absolute Gasteiger partial charge is 0.147 e. The Morgan fingerprint density at radius 1 is 1.50 bits per heavy atom. The lowest BCUT2D eigenvalue weighted by molar-refractivity contribution is 0.622. The lowest BCUT2D eigenvalue weighted by atomic mass is 10.3. The molecule has 2 nitrogen and oxygen atoms in total. The van der Waals surface area contributed by atoms with Gasteiger partial charge >= 0.3 is 0 Å². The number of rotatable bonds is 1. The Morgan fingerprint density at radius 3 is 2.86 bits per heavy atom. The predicted octanol–water partition coefficient (Wildman–Crippen LogP) is 2.02. The Hall–Kier alpha value is -0.800. The average Bonchev–Trinajstić information content (AvgIpc) is 2.51. The van der Waals surface area contributed by atoms with Crippen LogP contribution in [0.2, 0.25) is 5.02 Å². The summed E-state index contributed by atoms with van der Waals surface area (Å²) in [6, 6.07) is 4.89. The summed E-state index contributed by atoms with van der Waals surface area (Å²) in [5.74, 6) is -0.272. The molecule has 1 aromatic rings. The van der Waals surface area contributed by atoms with Crippen LogP contribution >= 0.6 is 11.6 Å². The molecule has 0 unspecified atom stereocenters. The van der Waals surface area contributed by atoms with Crippen molar-refractivity contribution in [3.05, 3.63) is 29.0 Å². The molecule has 0 saturated carbocycles. The second kappa shape index (κ2) is 3.75. The molecule has 0 aromatic heterocycles. The highest BCUT2D eigenvalue weighted by Gasteiger charge is 2.21. The molecule has 2 rings (SSSR count). The lowest BCUT2D eigenvalue weighted by Gasteiger charge is -2.18. The van der Waals surface area contributed by atoms with Crippen molar-refractivity contribution in [2.24, 2.45) is 5.73 Å². The van der Waals surface area contributed by atoms with Crippen molar-refractivity contribution in [2.45, 2.75) is 12.5 Å². The van der Waals surface area contributed by atoms with Crippen LogP contribution in [-0.4, -0.2) is 19.1 Å². The standard InChI is InChI=1S/C10H12ClFN2/c11-7-1-2-10(9(12)5-7)14-4-3-8(13)6-14/h1-2,5,8H,3-4,6,13H2/t8-/m0/s1. The van der Waals surface area contributed by atoms with E-state index in [4.69, 9.17) is 17.3 Å². The number of nitrogens with zero attached hydrogens (tertiary/aromatic N) is 1. The van der Waals surface area contributed by atoms with Crippen molar-refractivity contribution in [2.75, 3.05) is 18.0 Å². The van der Waals surface area contributed by atoms with Crippen LogP contribution in [0.4, 0.5) is 10.1 Å². The zero-order valence-corrected chi connectivity index (χ0v) is 8.47. The number of anilines is 1. The molecule has 76 valence electrons. The number of benzene rings is 1. The molecule has 2 N–H and O–H groups in total. The molecule has 4 heteroatoms. The van der Waals surface area contributed by atoms with Crippen molar-refractivity contribution in [3.63, 3.8) is 0 Å². The fraction of sp³-hybridized carbons (Fsp3) is 0.400. The van der Waals surface area contributed by atoms with Crippen molar-refractivity contribution >= 4 is 17.3 Å². The average molecular weight is 215 g/mol. The van der Waals surface area contributed by atoms with E-state index in [0.717, 1.165) is 19.5 Å². The van der Waals surface area contributed by atoms with Gasteiger partial charge in [0.1, 0.15) is 5.82 Å². The van der Waals surface area contributed by atoms with E-state index >= 15 is 0 Å². The molecule has 0 amide bonds. The Kier molecular flexibility index (Phi) is 2.61. The highest BCUT2D eigenvalue weighted by molar-refractivity contribution is 6.30. The van der Waals surface area contributed by atoms with Gasteiger partial charge in [-0.15, -0.1) is 0 Å². The molecule has 1 aromatic carbocycles. The van der Waals surface area contributed by atoms with Gasteiger partial charge in [0.2, 0.25) is 0 Å². The normalized spacial score (nSPS) is 21.6. The largest absolute Gasteiger partial charge is 0.368 e. The topological polar surface area (TPSA) is 29.3 Å². The molecule has 1 aliphatic heterocycles. The van der Waals surface area contributed by atoms with Crippen molar-refractivity contribution in [1.29, 1.82) is 0 Å². The molecule has 0 radical (unpaired) electrons. The van der Waals surface area contributed by atoms with Gasteiger partial charge in [0.15, 0.2) is 0 Å². The maximum atomic E-state index is 13.5. The fourth-order valence-corrected chi connectivity index (χ4v) is 1.90. The third-order valence-corrected chi connectivity index (χ3v) is 2.71. The molecule has 0 bridgehead atoms. The summed E-state index contributed by atoms with van der Waals surface area (Å²) in [7, 11) is 0. The second-order valence-electron chi connectivity index (χ2n) is 3.59. The first-order valence-corrected chi connectivity index (χ1v) is 5.00. The van der Waals surface area contributed by atoms with Crippen LogP contribution in [0, 0.1) is 5.82 Å². The van der Waals surface area contributed by atoms with E-state index in [0.29, 0.717) is 10.7 Å². The number of nitrogens with two attached hydrogens (primary N) is 1. The van der Waals surface area contributed by atoms with Gasteiger partial charge in [-0.05, 0) is 24.6 Å². The van der Waals surface area contributed by atoms with Crippen LogP contribution in [0.1, 0.15) is 6.42 Å². The maximum Gasteiger partial charge on any atom is 0.147 e. The monoisotopic (exact) mass is 214 g/mol. The first kappa shape index (κ1) is 9.74. The zero-order valence-electron chi connectivity index (χ0n) is 7.71. The van der Waals surface area contributed by atoms with E-state index in [1.165, 1.54) is 6.07 Å². The van der Waals surface area contributed by atoms with Gasteiger partial charge in [-0.2, -0.15) is 0 Å². The molecule has 1 saturated heterocycles. The molecule has 1 atom stereocenters. The summed E-state index contributed by atoms with van der Waals surface area (Å²) < 4.78 is 13.5. The Bertz CT molecular complexity index is 343. The van der Waals surface area contributed by atoms with E-state index in [2.05, 4.69) is 0 Å². The highest BCUT2D eigenvalue weighted by atomic mass is 35.5. The van der Waals surface area contributed by atoms with Gasteiger partial charge in [-0.3, -0.25) is 0 Å². The molecule has 0 aliphatic carbocycles. The third-order valence-electron chi connectivity index (χ3n) is 2.48. The van der Waals surface area contributed by atoms with Crippen LogP contribution in [0.3, 0.4) is 0 Å². The van der Waals surface area contributed by atoms with Gasteiger partial charge in [0.25, 0.3) is 0 Å². The van der Waals surface area contributed by atoms with Gasteiger partial charge in [-0.25, -0.2) is 4.39 Å². The summed E-state index contributed by atoms with van der Waals surface area (Å²) in [5.41, 5.74) is 6.35. The summed E-state index contributed by atoms with van der Waals surface area (Å²) in [6.45, 7) is 1.54. The SMILES string of the molecule is N[C@H]1CCN(c2ccc(Cl)cc2F)C1. The van der Waals surface area contributed by atoms with Crippen molar-refractivity contribution < 1.29 is 4.39 Å². The van der Waals surface area contributed by atoms with Gasteiger partial charge in [-0.1, -0.05) is 11.6 Å². The first-order chi connectivity index (χ1) is 6.66. The van der Waals surface area contributed by atoms with E-state index in [1.807, 2.05) is 4.90 Å². The maximum absolute atomic E-state index is 13.5. The van der Waals surface area contributed by atoms with Crippen LogP contribution < -0.4 is 10.6 Å². The lowest BCUT2D eigenvalue weighted by Crippen LogP contribution is -2.26. The Morgan fingerprint density at radius 2 is 2.29 bits per heavy atom. The van der Waals surface area contributed by atoms with Gasteiger partial charge < -0.3 is 10.6 Å². The molecule has 1 aliphatic rings. The summed E-state index contributed by atoms with van der Waals surface area (Å²) in [4.78, 5) is 1.95. The number of hydrogen-bond acceptors (Lipinski definition) is 2. The van der Waals surface area contributed by atoms with E-state index in [-0.39, 0.29) is 11.9 Å². The van der Waals surface area contributed by atoms with E-state index < -0.39 is 0 Å². The van der Waals surface area contributed by atoms with Crippen molar-refractivity contribution in [3.8, 4) is 0 Å². The second-order valence-corrected chi connectivity index (χ2v) is 4.03. The fourth-order valence-electron chi connectivity index (χ4n) is 1.74. The highest BCUT2D eigenvalue weighted by Crippen LogP contribution is 2.25. The minimum atomic E-state index is -0.272. The van der Waals surface area contributed by atoms with Crippen LogP contribution in [0.25, 0.3) is 0 Å². The van der Waals surface area contributed by atoms with Crippen molar-refractivity contribution in [1.82, 2.24) is 0 Å². The number of hydrogen-bond donors (Lipinski definition) is 1. The van der Waals surface area contributed by atoms with Crippen LogP contribution in [0.5, 0.6) is 0 Å². The molecule has 1 fully saturated rings.